The molecule has 0 fully saturated rings. The average molecular weight is 271 g/mol. The Morgan fingerprint density at radius 3 is 2.44 bits per heavy atom. The van der Waals surface area contributed by atoms with E-state index < -0.39 is 18.0 Å². The van der Waals surface area contributed by atoms with Crippen LogP contribution in [0.5, 0.6) is 0 Å². The van der Waals surface area contributed by atoms with Crippen LogP contribution in [0.3, 0.4) is 0 Å². The van der Waals surface area contributed by atoms with Crippen molar-refractivity contribution in [2.24, 2.45) is 0 Å². The lowest BCUT2D eigenvalue weighted by atomic mass is 10.3. The Bertz CT molecular complexity index is 221. The lowest BCUT2D eigenvalue weighted by Gasteiger charge is -2.13. The number of hydrogen-bond donors (Lipinski definition) is 0. The van der Waals surface area contributed by atoms with Crippen molar-refractivity contribution in [1.29, 1.82) is 0 Å². The number of carbonyl (C=O) groups excluding carboxylic acids is 2. The van der Waals surface area contributed by atoms with Crippen LogP contribution in [0, 0.1) is 0 Å². The summed E-state index contributed by atoms with van der Waals surface area (Å²) in [7, 11) is 0. The number of rotatable bonds is 8. The zero-order valence-electron chi connectivity index (χ0n) is 9.21. The van der Waals surface area contributed by atoms with Crippen molar-refractivity contribution < 1.29 is 19.1 Å². The van der Waals surface area contributed by atoms with Gasteiger partial charge in [0.2, 0.25) is 0 Å². The SMILES string of the molecule is CCCCOC(=O)CC(CCl)OC(=O)CCl. The predicted molar refractivity (Wildman–Crippen MR) is 61.8 cm³/mol. The fourth-order valence-electron chi connectivity index (χ4n) is 0.920. The van der Waals surface area contributed by atoms with E-state index in [2.05, 4.69) is 0 Å². The van der Waals surface area contributed by atoms with Gasteiger partial charge in [0.05, 0.1) is 18.9 Å². The van der Waals surface area contributed by atoms with Crippen molar-refractivity contribution in [1.82, 2.24) is 0 Å². The summed E-state index contributed by atoms with van der Waals surface area (Å²) in [6.45, 7) is 2.38. The fourth-order valence-corrected chi connectivity index (χ4v) is 1.16. The molecule has 1 unspecified atom stereocenters. The van der Waals surface area contributed by atoms with Crippen molar-refractivity contribution in [3.05, 3.63) is 0 Å². The maximum atomic E-state index is 11.3. The molecule has 0 aliphatic carbocycles. The Kier molecular flexibility index (Phi) is 9.43. The molecular formula is C10H16Cl2O4. The largest absolute Gasteiger partial charge is 0.466 e. The summed E-state index contributed by atoms with van der Waals surface area (Å²) < 4.78 is 9.73. The third-order valence-electron chi connectivity index (χ3n) is 1.73. The van der Waals surface area contributed by atoms with E-state index in [0.29, 0.717) is 6.61 Å². The van der Waals surface area contributed by atoms with Crippen LogP contribution in [-0.2, 0) is 19.1 Å². The number of carbonyl (C=O) groups is 2. The van der Waals surface area contributed by atoms with Gasteiger partial charge in [0.1, 0.15) is 12.0 Å². The summed E-state index contributed by atoms with van der Waals surface area (Å²) >= 11 is 10.8. The van der Waals surface area contributed by atoms with Crippen LogP contribution in [0.25, 0.3) is 0 Å². The van der Waals surface area contributed by atoms with Crippen LogP contribution in [0.2, 0.25) is 0 Å². The van der Waals surface area contributed by atoms with Gasteiger partial charge in [-0.25, -0.2) is 0 Å². The standard InChI is InChI=1S/C10H16Cl2O4/c1-2-3-4-15-9(13)5-8(6-11)16-10(14)7-12/h8H,2-7H2,1H3. The first-order valence-corrected chi connectivity index (χ1v) is 6.18. The van der Waals surface area contributed by atoms with E-state index in [-0.39, 0.29) is 18.2 Å². The molecule has 0 aromatic carbocycles. The van der Waals surface area contributed by atoms with Gasteiger partial charge in [0.25, 0.3) is 0 Å². The molecule has 4 nitrogen and oxygen atoms in total. The van der Waals surface area contributed by atoms with E-state index >= 15 is 0 Å². The van der Waals surface area contributed by atoms with Gasteiger partial charge < -0.3 is 9.47 Å². The van der Waals surface area contributed by atoms with Crippen molar-refractivity contribution in [2.75, 3.05) is 18.4 Å². The van der Waals surface area contributed by atoms with Gasteiger partial charge in [-0.2, -0.15) is 0 Å². The molecule has 6 heteroatoms. The lowest BCUT2D eigenvalue weighted by molar-refractivity contribution is -0.152. The molecule has 0 spiro atoms. The second kappa shape index (κ2) is 9.73. The van der Waals surface area contributed by atoms with Crippen molar-refractivity contribution in [3.8, 4) is 0 Å². The smallest absolute Gasteiger partial charge is 0.321 e. The average Bonchev–Trinajstić information content (AvgIpc) is 2.28. The van der Waals surface area contributed by atoms with Crippen molar-refractivity contribution in [2.45, 2.75) is 32.3 Å². The third-order valence-corrected chi connectivity index (χ3v) is 2.30. The van der Waals surface area contributed by atoms with Crippen LogP contribution < -0.4 is 0 Å². The lowest BCUT2D eigenvalue weighted by Crippen LogP contribution is -2.25. The summed E-state index contributed by atoms with van der Waals surface area (Å²) in [5.41, 5.74) is 0. The van der Waals surface area contributed by atoms with Crippen LogP contribution in [-0.4, -0.2) is 36.4 Å². The quantitative estimate of drug-likeness (QED) is 0.385. The Hall–Kier alpha value is -0.480. The molecule has 0 aliphatic heterocycles. The number of unbranched alkanes of at least 4 members (excludes halogenated alkanes) is 1. The number of alkyl halides is 2. The molecule has 0 bridgehead atoms. The van der Waals surface area contributed by atoms with Gasteiger partial charge in [0.15, 0.2) is 0 Å². The van der Waals surface area contributed by atoms with Crippen LogP contribution in [0.4, 0.5) is 0 Å². The minimum Gasteiger partial charge on any atom is -0.466 e. The van der Waals surface area contributed by atoms with Gasteiger partial charge in [-0.15, -0.1) is 23.2 Å². The molecule has 0 saturated heterocycles. The maximum Gasteiger partial charge on any atom is 0.321 e. The molecule has 0 aromatic heterocycles. The van der Waals surface area contributed by atoms with Gasteiger partial charge in [0, 0.05) is 0 Å². The molecule has 0 saturated carbocycles. The first kappa shape index (κ1) is 15.5. The summed E-state index contributed by atoms with van der Waals surface area (Å²) in [6, 6.07) is 0. The van der Waals surface area contributed by atoms with Gasteiger partial charge in [-0.05, 0) is 6.42 Å². The Balaban J connectivity index is 3.83. The van der Waals surface area contributed by atoms with E-state index in [1.165, 1.54) is 0 Å². The van der Waals surface area contributed by atoms with E-state index in [1.54, 1.807) is 0 Å². The first-order valence-electron chi connectivity index (χ1n) is 5.11. The van der Waals surface area contributed by atoms with E-state index in [0.717, 1.165) is 12.8 Å². The molecule has 0 N–H and O–H groups in total. The van der Waals surface area contributed by atoms with Gasteiger partial charge in [-0.3, -0.25) is 9.59 Å². The summed E-state index contributed by atoms with van der Waals surface area (Å²) in [4.78, 5) is 22.1. The zero-order valence-corrected chi connectivity index (χ0v) is 10.7. The van der Waals surface area contributed by atoms with E-state index in [9.17, 15) is 9.59 Å². The summed E-state index contributed by atoms with van der Waals surface area (Å²) in [5, 5.41) is 0. The minimum absolute atomic E-state index is 0.0319. The molecule has 0 rings (SSSR count). The molecule has 1 atom stereocenters. The molecule has 0 aliphatic rings. The normalized spacial score (nSPS) is 11.9. The van der Waals surface area contributed by atoms with E-state index in [4.69, 9.17) is 32.7 Å². The minimum atomic E-state index is -0.665. The predicted octanol–water partition coefficient (Wildman–Crippen LogP) is 2.11. The van der Waals surface area contributed by atoms with Crippen LogP contribution in [0.1, 0.15) is 26.2 Å². The zero-order chi connectivity index (χ0) is 12.4. The summed E-state index contributed by atoms with van der Waals surface area (Å²) in [5.74, 6) is -1.21. The summed E-state index contributed by atoms with van der Waals surface area (Å²) in [6.07, 6.45) is 1.07. The Labute approximate surface area is 105 Å². The van der Waals surface area contributed by atoms with Crippen molar-refractivity contribution in [3.63, 3.8) is 0 Å². The molecule has 0 heterocycles. The number of halogens is 2. The molecule has 0 amide bonds. The highest BCUT2D eigenvalue weighted by molar-refractivity contribution is 6.26. The molecular weight excluding hydrogens is 255 g/mol. The van der Waals surface area contributed by atoms with Gasteiger partial charge in [-0.1, -0.05) is 13.3 Å². The molecule has 0 radical (unpaired) electrons. The monoisotopic (exact) mass is 270 g/mol. The first-order chi connectivity index (χ1) is 7.63. The molecule has 0 aromatic rings. The fraction of sp³-hybridized carbons (Fsp3) is 0.800. The maximum absolute atomic E-state index is 11.3. The second-order valence-electron chi connectivity index (χ2n) is 3.18. The van der Waals surface area contributed by atoms with Crippen molar-refractivity contribution >= 4 is 35.1 Å². The number of ether oxygens (including phenoxy) is 2. The van der Waals surface area contributed by atoms with E-state index in [1.807, 2.05) is 6.92 Å². The molecule has 16 heavy (non-hydrogen) atoms. The number of esters is 2. The highest BCUT2D eigenvalue weighted by Crippen LogP contribution is 2.05. The van der Waals surface area contributed by atoms with Gasteiger partial charge >= 0.3 is 11.9 Å². The highest BCUT2D eigenvalue weighted by atomic mass is 35.5. The topological polar surface area (TPSA) is 52.6 Å². The van der Waals surface area contributed by atoms with Crippen LogP contribution >= 0.6 is 23.2 Å². The third kappa shape index (κ3) is 7.77. The van der Waals surface area contributed by atoms with Crippen LogP contribution in [0.15, 0.2) is 0 Å². The Morgan fingerprint density at radius 1 is 1.25 bits per heavy atom. The number of hydrogen-bond acceptors (Lipinski definition) is 4. The molecule has 94 valence electrons. The Morgan fingerprint density at radius 2 is 1.94 bits per heavy atom. The highest BCUT2D eigenvalue weighted by Gasteiger charge is 2.17. The second-order valence-corrected chi connectivity index (χ2v) is 3.75.